The molecule has 0 unspecified atom stereocenters. The van der Waals surface area contributed by atoms with Gasteiger partial charge in [-0.25, -0.2) is 4.79 Å². The lowest BCUT2D eigenvalue weighted by Gasteiger charge is -2.22. The molecule has 0 atom stereocenters. The van der Waals surface area contributed by atoms with Crippen molar-refractivity contribution in [2.75, 3.05) is 26.1 Å². The number of urea groups is 1. The first-order valence-electron chi connectivity index (χ1n) is 7.05. The second kappa shape index (κ2) is 6.67. The average molecular weight is 294 g/mol. The maximum absolute atomic E-state index is 11.9. The van der Waals surface area contributed by atoms with Crippen molar-refractivity contribution >= 4 is 11.7 Å². The highest BCUT2D eigenvalue weighted by atomic mass is 16.5. The van der Waals surface area contributed by atoms with E-state index in [2.05, 4.69) is 10.6 Å². The first kappa shape index (κ1) is 15.4. The molecule has 1 fully saturated rings. The maximum Gasteiger partial charge on any atom is 0.319 e. The van der Waals surface area contributed by atoms with Crippen molar-refractivity contribution in [2.45, 2.75) is 31.3 Å². The van der Waals surface area contributed by atoms with E-state index < -0.39 is 5.60 Å². The summed E-state index contributed by atoms with van der Waals surface area (Å²) in [6, 6.07) is 4.78. The van der Waals surface area contributed by atoms with Gasteiger partial charge in [0.2, 0.25) is 0 Å². The smallest absolute Gasteiger partial charge is 0.319 e. The summed E-state index contributed by atoms with van der Waals surface area (Å²) < 4.78 is 10.3. The van der Waals surface area contributed by atoms with Crippen LogP contribution in [0.2, 0.25) is 0 Å². The van der Waals surface area contributed by atoms with Crippen LogP contribution in [0.15, 0.2) is 18.2 Å². The van der Waals surface area contributed by atoms with Crippen LogP contribution in [0, 0.1) is 0 Å². The standard InChI is InChI=1S/C15H22N2O4/c1-20-11-5-6-12(13(9-11)21-2)17-14(18)16-10-15(19)7-3-4-8-15/h5-6,9,19H,3-4,7-8,10H2,1-2H3,(H2,16,17,18). The van der Waals surface area contributed by atoms with E-state index in [1.54, 1.807) is 25.3 Å². The number of hydrogen-bond acceptors (Lipinski definition) is 4. The van der Waals surface area contributed by atoms with Gasteiger partial charge in [0.15, 0.2) is 0 Å². The second-order valence-corrected chi connectivity index (χ2v) is 5.31. The highest BCUT2D eigenvalue weighted by Crippen LogP contribution is 2.30. The number of rotatable bonds is 5. The minimum Gasteiger partial charge on any atom is -0.497 e. The Morgan fingerprint density at radius 2 is 2.00 bits per heavy atom. The molecule has 21 heavy (non-hydrogen) atoms. The predicted octanol–water partition coefficient (Wildman–Crippen LogP) is 2.13. The third kappa shape index (κ3) is 4.01. The first-order valence-corrected chi connectivity index (χ1v) is 7.05. The number of amides is 2. The number of aliphatic hydroxyl groups is 1. The lowest BCUT2D eigenvalue weighted by Crippen LogP contribution is -2.42. The summed E-state index contributed by atoms with van der Waals surface area (Å²) in [6.45, 7) is 0.261. The van der Waals surface area contributed by atoms with E-state index in [1.165, 1.54) is 7.11 Å². The van der Waals surface area contributed by atoms with Crippen LogP contribution in [-0.4, -0.2) is 37.5 Å². The highest BCUT2D eigenvalue weighted by molar-refractivity contribution is 5.91. The number of methoxy groups -OCH3 is 2. The second-order valence-electron chi connectivity index (χ2n) is 5.31. The molecule has 1 aliphatic carbocycles. The first-order chi connectivity index (χ1) is 10.1. The van der Waals surface area contributed by atoms with E-state index in [4.69, 9.17) is 9.47 Å². The van der Waals surface area contributed by atoms with Gasteiger partial charge in [0.1, 0.15) is 11.5 Å². The van der Waals surface area contributed by atoms with Gasteiger partial charge in [-0.15, -0.1) is 0 Å². The van der Waals surface area contributed by atoms with Crippen LogP contribution >= 0.6 is 0 Å². The lowest BCUT2D eigenvalue weighted by atomic mass is 10.0. The normalized spacial score (nSPS) is 16.3. The van der Waals surface area contributed by atoms with Gasteiger partial charge in [-0.1, -0.05) is 12.8 Å². The van der Waals surface area contributed by atoms with Gasteiger partial charge >= 0.3 is 6.03 Å². The van der Waals surface area contributed by atoms with E-state index in [-0.39, 0.29) is 12.6 Å². The van der Waals surface area contributed by atoms with Gasteiger partial charge in [0.05, 0.1) is 25.5 Å². The van der Waals surface area contributed by atoms with Crippen LogP contribution in [0.1, 0.15) is 25.7 Å². The monoisotopic (exact) mass is 294 g/mol. The molecule has 0 saturated heterocycles. The lowest BCUT2D eigenvalue weighted by molar-refractivity contribution is 0.0506. The predicted molar refractivity (Wildman–Crippen MR) is 80.0 cm³/mol. The van der Waals surface area contributed by atoms with E-state index in [0.717, 1.165) is 25.7 Å². The fourth-order valence-corrected chi connectivity index (χ4v) is 2.52. The Bertz CT molecular complexity index is 498. The molecule has 116 valence electrons. The number of anilines is 1. The molecular formula is C15H22N2O4. The van der Waals surface area contributed by atoms with Gasteiger partial charge in [-0.2, -0.15) is 0 Å². The average Bonchev–Trinajstić information content (AvgIpc) is 2.93. The quantitative estimate of drug-likeness (QED) is 0.777. The van der Waals surface area contributed by atoms with Crippen molar-refractivity contribution in [1.29, 1.82) is 0 Å². The van der Waals surface area contributed by atoms with Crippen LogP contribution in [0.5, 0.6) is 11.5 Å². The van der Waals surface area contributed by atoms with Crippen LogP contribution in [0.4, 0.5) is 10.5 Å². The molecular weight excluding hydrogens is 272 g/mol. The number of ether oxygens (including phenoxy) is 2. The molecule has 3 N–H and O–H groups in total. The van der Waals surface area contributed by atoms with Crippen molar-refractivity contribution < 1.29 is 19.4 Å². The van der Waals surface area contributed by atoms with Crippen molar-refractivity contribution in [3.63, 3.8) is 0 Å². The summed E-state index contributed by atoms with van der Waals surface area (Å²) in [4.78, 5) is 11.9. The molecule has 1 aromatic rings. The molecule has 1 aliphatic rings. The van der Waals surface area contributed by atoms with Gasteiger partial charge in [0, 0.05) is 12.6 Å². The van der Waals surface area contributed by atoms with E-state index in [9.17, 15) is 9.90 Å². The Morgan fingerprint density at radius 3 is 2.62 bits per heavy atom. The van der Waals surface area contributed by atoms with E-state index in [1.807, 2.05) is 0 Å². The molecule has 2 rings (SSSR count). The van der Waals surface area contributed by atoms with Gasteiger partial charge in [-0.3, -0.25) is 0 Å². The number of hydrogen-bond donors (Lipinski definition) is 3. The van der Waals surface area contributed by atoms with Crippen LogP contribution in [0.25, 0.3) is 0 Å². The minimum atomic E-state index is -0.763. The molecule has 0 bridgehead atoms. The van der Waals surface area contributed by atoms with Crippen molar-refractivity contribution in [3.8, 4) is 11.5 Å². The van der Waals surface area contributed by atoms with Crippen LogP contribution in [0.3, 0.4) is 0 Å². The Hall–Kier alpha value is -1.95. The highest BCUT2D eigenvalue weighted by Gasteiger charge is 2.31. The summed E-state index contributed by atoms with van der Waals surface area (Å²) in [5.41, 5.74) is -0.212. The van der Waals surface area contributed by atoms with E-state index >= 15 is 0 Å². The molecule has 6 nitrogen and oxygen atoms in total. The molecule has 1 saturated carbocycles. The SMILES string of the molecule is COc1ccc(NC(=O)NCC2(O)CCCC2)c(OC)c1. The molecule has 0 radical (unpaired) electrons. The molecule has 2 amide bonds. The van der Waals surface area contributed by atoms with Crippen LogP contribution in [-0.2, 0) is 0 Å². The Morgan fingerprint density at radius 1 is 1.29 bits per heavy atom. The fourth-order valence-electron chi connectivity index (χ4n) is 2.52. The summed E-state index contributed by atoms with van der Waals surface area (Å²) in [7, 11) is 3.09. The summed E-state index contributed by atoms with van der Waals surface area (Å²) in [5, 5.41) is 15.6. The zero-order valence-corrected chi connectivity index (χ0v) is 12.4. The largest absolute Gasteiger partial charge is 0.497 e. The number of carbonyl (C=O) groups is 1. The van der Waals surface area contributed by atoms with Crippen molar-refractivity contribution in [2.24, 2.45) is 0 Å². The van der Waals surface area contributed by atoms with Gasteiger partial charge in [-0.05, 0) is 25.0 Å². The van der Waals surface area contributed by atoms with Gasteiger partial charge < -0.3 is 25.2 Å². The Labute approximate surface area is 124 Å². The van der Waals surface area contributed by atoms with Crippen molar-refractivity contribution in [1.82, 2.24) is 5.32 Å². The number of benzene rings is 1. The molecule has 6 heteroatoms. The fraction of sp³-hybridized carbons (Fsp3) is 0.533. The van der Waals surface area contributed by atoms with Gasteiger partial charge in [0.25, 0.3) is 0 Å². The van der Waals surface area contributed by atoms with Crippen molar-refractivity contribution in [3.05, 3.63) is 18.2 Å². The number of nitrogens with one attached hydrogen (secondary N) is 2. The maximum atomic E-state index is 11.9. The third-order valence-electron chi connectivity index (χ3n) is 3.77. The molecule has 0 heterocycles. The summed E-state index contributed by atoms with van der Waals surface area (Å²) in [6.07, 6.45) is 3.48. The minimum absolute atomic E-state index is 0.261. The Balaban J connectivity index is 1.93. The zero-order chi connectivity index (χ0) is 15.3. The third-order valence-corrected chi connectivity index (χ3v) is 3.77. The van der Waals surface area contributed by atoms with Crippen LogP contribution < -0.4 is 20.1 Å². The topological polar surface area (TPSA) is 79.8 Å². The Kier molecular flexibility index (Phi) is 4.90. The number of carbonyl (C=O) groups excluding carboxylic acids is 1. The molecule has 0 aromatic heterocycles. The molecule has 0 aliphatic heterocycles. The molecule has 0 spiro atoms. The summed E-state index contributed by atoms with van der Waals surface area (Å²) >= 11 is 0. The van der Waals surface area contributed by atoms with E-state index in [0.29, 0.717) is 17.2 Å². The molecule has 1 aromatic carbocycles. The zero-order valence-electron chi connectivity index (χ0n) is 12.4. The summed E-state index contributed by atoms with van der Waals surface area (Å²) in [5.74, 6) is 1.17.